The first kappa shape index (κ1) is 16.8. The molecule has 1 saturated heterocycles. The lowest BCUT2D eigenvalue weighted by atomic mass is 10.2. The number of amides is 1. The topological polar surface area (TPSA) is 66.8 Å². The van der Waals surface area contributed by atoms with E-state index in [-0.39, 0.29) is 27.8 Å². The van der Waals surface area contributed by atoms with E-state index < -0.39 is 10.0 Å². The van der Waals surface area contributed by atoms with E-state index >= 15 is 0 Å². The second kappa shape index (κ2) is 6.66. The molecule has 22 heavy (non-hydrogen) atoms. The van der Waals surface area contributed by atoms with Crippen molar-refractivity contribution in [3.8, 4) is 0 Å². The highest BCUT2D eigenvalue weighted by molar-refractivity contribution is 8.16. The molecular weight excluding hydrogens is 320 g/mol. The zero-order valence-corrected chi connectivity index (χ0v) is 14.2. The van der Waals surface area contributed by atoms with E-state index in [1.807, 2.05) is 6.92 Å². The largest absolute Gasteiger partial charge is 0.286 e. The van der Waals surface area contributed by atoms with Crippen molar-refractivity contribution in [2.24, 2.45) is 4.40 Å². The van der Waals surface area contributed by atoms with Gasteiger partial charge in [0.05, 0.1) is 10.1 Å². The van der Waals surface area contributed by atoms with Crippen LogP contribution in [0.25, 0.3) is 0 Å². The number of carbonyl (C=O) groups is 1. The molecule has 1 unspecified atom stereocenters. The lowest BCUT2D eigenvalue weighted by Gasteiger charge is -2.13. The summed E-state index contributed by atoms with van der Waals surface area (Å²) in [7, 11) is -3.83. The van der Waals surface area contributed by atoms with Crippen LogP contribution in [-0.4, -0.2) is 36.2 Å². The molecule has 1 aliphatic heterocycles. The zero-order chi connectivity index (χ0) is 16.3. The number of rotatable bonds is 5. The first-order valence-electron chi connectivity index (χ1n) is 6.92. The Labute approximate surface area is 135 Å². The molecule has 1 amide bonds. The Morgan fingerprint density at radius 2 is 2.00 bits per heavy atom. The van der Waals surface area contributed by atoms with Crippen LogP contribution in [-0.2, 0) is 21.2 Å². The number of benzene rings is 1. The van der Waals surface area contributed by atoms with Crippen molar-refractivity contribution < 1.29 is 13.2 Å². The third kappa shape index (κ3) is 3.41. The van der Waals surface area contributed by atoms with Crippen molar-refractivity contribution in [2.45, 2.75) is 30.4 Å². The summed E-state index contributed by atoms with van der Waals surface area (Å²) in [6.45, 7) is 7.56. The summed E-state index contributed by atoms with van der Waals surface area (Å²) in [5.41, 5.74) is 1.05. The van der Waals surface area contributed by atoms with Crippen LogP contribution in [0.4, 0.5) is 0 Å². The van der Waals surface area contributed by atoms with Crippen LogP contribution in [0.5, 0.6) is 0 Å². The Morgan fingerprint density at radius 3 is 2.55 bits per heavy atom. The summed E-state index contributed by atoms with van der Waals surface area (Å²) in [5.74, 6) is -0.153. The molecule has 0 bridgehead atoms. The number of amidine groups is 1. The average Bonchev–Trinajstić information content (AvgIpc) is 2.75. The molecule has 0 radical (unpaired) electrons. The van der Waals surface area contributed by atoms with Gasteiger partial charge < -0.3 is 0 Å². The van der Waals surface area contributed by atoms with Gasteiger partial charge in [0.15, 0.2) is 5.17 Å². The van der Waals surface area contributed by atoms with Crippen LogP contribution in [0.15, 0.2) is 46.2 Å². The normalized spacial score (nSPS) is 20.6. The molecule has 2 rings (SSSR count). The first-order valence-corrected chi connectivity index (χ1v) is 9.24. The highest BCUT2D eigenvalue weighted by Gasteiger charge is 2.35. The van der Waals surface area contributed by atoms with Gasteiger partial charge in [-0.3, -0.25) is 9.69 Å². The van der Waals surface area contributed by atoms with E-state index in [1.54, 1.807) is 37.3 Å². The second-order valence-electron chi connectivity index (χ2n) is 4.84. The fraction of sp³-hybridized carbons (Fsp3) is 0.333. The number of aryl methyl sites for hydroxylation is 1. The number of hydrogen-bond acceptors (Lipinski definition) is 4. The maximum Gasteiger partial charge on any atom is 0.284 e. The molecule has 0 saturated carbocycles. The molecule has 1 heterocycles. The van der Waals surface area contributed by atoms with Crippen molar-refractivity contribution in [2.75, 3.05) is 6.54 Å². The van der Waals surface area contributed by atoms with E-state index in [0.29, 0.717) is 0 Å². The first-order chi connectivity index (χ1) is 10.4. The van der Waals surface area contributed by atoms with Gasteiger partial charge in [-0.1, -0.05) is 36.9 Å². The number of hydrogen-bond donors (Lipinski definition) is 0. The van der Waals surface area contributed by atoms with Crippen molar-refractivity contribution in [1.29, 1.82) is 0 Å². The summed E-state index contributed by atoms with van der Waals surface area (Å²) < 4.78 is 28.6. The minimum absolute atomic E-state index is 0.128. The quantitative estimate of drug-likeness (QED) is 0.774. The zero-order valence-electron chi connectivity index (χ0n) is 12.5. The minimum atomic E-state index is -3.83. The Kier molecular flexibility index (Phi) is 5.08. The van der Waals surface area contributed by atoms with Crippen molar-refractivity contribution in [3.05, 3.63) is 42.5 Å². The van der Waals surface area contributed by atoms with Crippen molar-refractivity contribution in [3.63, 3.8) is 0 Å². The lowest BCUT2D eigenvalue weighted by molar-refractivity contribution is -0.125. The Hall–Kier alpha value is -1.60. The third-order valence-electron chi connectivity index (χ3n) is 3.27. The van der Waals surface area contributed by atoms with E-state index in [9.17, 15) is 13.2 Å². The molecule has 1 aromatic carbocycles. The minimum Gasteiger partial charge on any atom is -0.286 e. The molecule has 0 N–H and O–H groups in total. The van der Waals surface area contributed by atoms with Crippen LogP contribution in [0.1, 0.15) is 19.4 Å². The Balaban J connectivity index is 2.36. The molecule has 1 fully saturated rings. The Morgan fingerprint density at radius 1 is 1.36 bits per heavy atom. The molecule has 0 aliphatic carbocycles. The van der Waals surface area contributed by atoms with Gasteiger partial charge in [0, 0.05) is 6.54 Å². The lowest BCUT2D eigenvalue weighted by Crippen LogP contribution is -2.31. The average molecular weight is 338 g/mol. The standard InChI is InChI=1S/C15H18N2O3S2/c1-4-10-17-14(18)11(3)21-15(17)16-22(19,20)13-8-6-12(5-2)7-9-13/h4,6-9,11H,1,5,10H2,2-3H3/b16-15-. The summed E-state index contributed by atoms with van der Waals surface area (Å²) in [6, 6.07) is 6.62. The Bertz CT molecular complexity index is 709. The maximum atomic E-state index is 12.4. The molecule has 0 spiro atoms. The highest BCUT2D eigenvalue weighted by atomic mass is 32.2. The van der Waals surface area contributed by atoms with Gasteiger partial charge in [0.25, 0.3) is 10.0 Å². The summed E-state index contributed by atoms with van der Waals surface area (Å²) in [6.07, 6.45) is 2.39. The van der Waals surface area contributed by atoms with E-state index in [4.69, 9.17) is 0 Å². The highest BCUT2D eigenvalue weighted by Crippen LogP contribution is 2.28. The van der Waals surface area contributed by atoms with Crippen LogP contribution in [0.3, 0.4) is 0 Å². The van der Waals surface area contributed by atoms with Crippen molar-refractivity contribution in [1.82, 2.24) is 4.90 Å². The number of thioether (sulfide) groups is 1. The summed E-state index contributed by atoms with van der Waals surface area (Å²) in [4.78, 5) is 13.5. The third-order valence-corrected chi connectivity index (χ3v) is 5.74. The van der Waals surface area contributed by atoms with E-state index in [1.165, 1.54) is 4.90 Å². The monoisotopic (exact) mass is 338 g/mol. The van der Waals surface area contributed by atoms with Gasteiger partial charge in [-0.15, -0.1) is 11.0 Å². The smallest absolute Gasteiger partial charge is 0.284 e. The molecule has 0 aromatic heterocycles. The number of nitrogens with zero attached hydrogens (tertiary/aromatic N) is 2. The molecule has 1 aromatic rings. The van der Waals surface area contributed by atoms with Gasteiger partial charge in [0.1, 0.15) is 0 Å². The van der Waals surface area contributed by atoms with E-state index in [2.05, 4.69) is 11.0 Å². The summed E-state index contributed by atoms with van der Waals surface area (Å²) >= 11 is 1.15. The van der Waals surface area contributed by atoms with E-state index in [0.717, 1.165) is 23.7 Å². The molecule has 1 aliphatic rings. The van der Waals surface area contributed by atoms with Gasteiger partial charge >= 0.3 is 0 Å². The SMILES string of the molecule is C=CCN1C(=O)C(C)S/C1=N\S(=O)(=O)c1ccc(CC)cc1. The molecule has 7 heteroatoms. The molecule has 1 atom stereocenters. The van der Waals surface area contributed by atoms with Gasteiger partial charge in [0.2, 0.25) is 5.91 Å². The second-order valence-corrected chi connectivity index (χ2v) is 7.76. The fourth-order valence-electron chi connectivity index (χ4n) is 2.01. The van der Waals surface area contributed by atoms with Crippen molar-refractivity contribution >= 4 is 32.9 Å². The predicted octanol–water partition coefficient (Wildman–Crippen LogP) is 2.44. The maximum absolute atomic E-state index is 12.4. The van der Waals surface area contributed by atoms with Crippen LogP contribution in [0.2, 0.25) is 0 Å². The van der Waals surface area contributed by atoms with Crippen LogP contribution in [0, 0.1) is 0 Å². The van der Waals surface area contributed by atoms with Crippen LogP contribution < -0.4 is 0 Å². The molecular formula is C15H18N2O3S2. The fourth-order valence-corrected chi connectivity index (χ4v) is 4.20. The molecule has 118 valence electrons. The molecule has 5 nitrogen and oxygen atoms in total. The predicted molar refractivity (Wildman–Crippen MR) is 89.4 cm³/mol. The van der Waals surface area contributed by atoms with Gasteiger partial charge in [-0.05, 0) is 31.0 Å². The number of carbonyl (C=O) groups excluding carboxylic acids is 1. The number of sulfonamides is 1. The van der Waals surface area contributed by atoms with Gasteiger partial charge in [-0.25, -0.2) is 0 Å². The van der Waals surface area contributed by atoms with Crippen LogP contribution >= 0.6 is 11.8 Å². The summed E-state index contributed by atoms with van der Waals surface area (Å²) in [5, 5.41) is -0.131. The van der Waals surface area contributed by atoms with Gasteiger partial charge in [-0.2, -0.15) is 8.42 Å².